The van der Waals surface area contributed by atoms with E-state index in [4.69, 9.17) is 4.74 Å². The summed E-state index contributed by atoms with van der Waals surface area (Å²) in [4.78, 5) is 15.2. The maximum absolute atomic E-state index is 11.0. The van der Waals surface area contributed by atoms with Crippen molar-refractivity contribution in [2.24, 2.45) is 0 Å². The van der Waals surface area contributed by atoms with Crippen LogP contribution in [0.5, 0.6) is 5.88 Å². The van der Waals surface area contributed by atoms with Gasteiger partial charge in [0, 0.05) is 22.7 Å². The van der Waals surface area contributed by atoms with E-state index in [2.05, 4.69) is 26.2 Å². The average molecular weight is 285 g/mol. The number of pyridine rings is 1. The van der Waals surface area contributed by atoms with Crippen LogP contribution in [0.15, 0.2) is 16.7 Å². The number of carbonyl (C=O) groups is 1. The highest BCUT2D eigenvalue weighted by molar-refractivity contribution is 9.10. The molecule has 1 aliphatic rings. The highest BCUT2D eigenvalue weighted by atomic mass is 79.9. The van der Waals surface area contributed by atoms with Crippen molar-refractivity contribution < 1.29 is 9.53 Å². The number of nitrogens with one attached hydrogen (secondary N) is 1. The average Bonchev–Trinajstić information content (AvgIpc) is 2.63. The van der Waals surface area contributed by atoms with Gasteiger partial charge in [0.25, 0.3) is 0 Å². The fraction of sp³-hybridized carbons (Fsp3) is 0.455. The maximum atomic E-state index is 11.0. The minimum atomic E-state index is 0.106. The number of amides is 1. The van der Waals surface area contributed by atoms with E-state index in [-0.39, 0.29) is 11.9 Å². The summed E-state index contributed by atoms with van der Waals surface area (Å²) in [5.41, 5.74) is 0.985. The van der Waals surface area contributed by atoms with Gasteiger partial charge in [0.05, 0.1) is 6.04 Å². The molecule has 0 bridgehead atoms. The molecule has 0 radical (unpaired) electrons. The number of halogens is 1. The van der Waals surface area contributed by atoms with Gasteiger partial charge >= 0.3 is 0 Å². The van der Waals surface area contributed by atoms with E-state index in [1.165, 1.54) is 0 Å². The highest BCUT2D eigenvalue weighted by Gasteiger charge is 2.21. The molecule has 1 fully saturated rings. The number of carbonyl (C=O) groups excluding carboxylic acids is 1. The van der Waals surface area contributed by atoms with Crippen LogP contribution in [0, 0.1) is 6.92 Å². The summed E-state index contributed by atoms with van der Waals surface area (Å²) in [6.07, 6.45) is 3.14. The summed E-state index contributed by atoms with van der Waals surface area (Å²) in [5, 5.41) is 2.85. The molecule has 86 valence electrons. The van der Waals surface area contributed by atoms with Gasteiger partial charge in [-0.25, -0.2) is 4.98 Å². The molecule has 4 nitrogen and oxygen atoms in total. The molecule has 2 heterocycles. The van der Waals surface area contributed by atoms with Crippen molar-refractivity contribution in [3.8, 4) is 5.88 Å². The van der Waals surface area contributed by atoms with Gasteiger partial charge in [0.1, 0.15) is 6.61 Å². The molecule has 5 heteroatoms. The zero-order valence-electron chi connectivity index (χ0n) is 9.00. The lowest BCUT2D eigenvalue weighted by Crippen LogP contribution is -2.31. The highest BCUT2D eigenvalue weighted by Crippen LogP contribution is 2.19. The predicted molar refractivity (Wildman–Crippen MR) is 63.3 cm³/mol. The van der Waals surface area contributed by atoms with E-state index in [1.54, 1.807) is 6.20 Å². The molecule has 2 rings (SSSR count). The van der Waals surface area contributed by atoms with E-state index < -0.39 is 0 Å². The smallest absolute Gasteiger partial charge is 0.220 e. The van der Waals surface area contributed by atoms with Crippen LogP contribution in [0.3, 0.4) is 0 Å². The molecule has 1 unspecified atom stereocenters. The first-order chi connectivity index (χ1) is 7.65. The molecule has 0 saturated carbocycles. The third kappa shape index (κ3) is 2.72. The molecule has 1 aromatic heterocycles. The van der Waals surface area contributed by atoms with E-state index >= 15 is 0 Å². The van der Waals surface area contributed by atoms with Crippen molar-refractivity contribution in [2.45, 2.75) is 25.8 Å². The van der Waals surface area contributed by atoms with E-state index in [9.17, 15) is 4.79 Å². The third-order valence-electron chi connectivity index (χ3n) is 2.50. The first kappa shape index (κ1) is 11.4. The van der Waals surface area contributed by atoms with Gasteiger partial charge in [0.15, 0.2) is 0 Å². The minimum absolute atomic E-state index is 0.106. The molecule has 1 N–H and O–H groups in total. The number of rotatable bonds is 3. The molecular weight excluding hydrogens is 272 g/mol. The second kappa shape index (κ2) is 4.82. The lowest BCUT2D eigenvalue weighted by atomic mass is 10.2. The van der Waals surface area contributed by atoms with Gasteiger partial charge in [-0.15, -0.1) is 0 Å². The Balaban J connectivity index is 1.92. The predicted octanol–water partition coefficient (Wildman–Crippen LogP) is 1.81. The normalized spacial score (nSPS) is 19.6. The molecule has 1 saturated heterocycles. The van der Waals surface area contributed by atoms with Crippen LogP contribution in [-0.2, 0) is 4.79 Å². The molecule has 0 spiro atoms. The Morgan fingerprint density at radius 3 is 3.12 bits per heavy atom. The van der Waals surface area contributed by atoms with Crippen LogP contribution in [-0.4, -0.2) is 23.5 Å². The van der Waals surface area contributed by atoms with Gasteiger partial charge in [-0.2, -0.15) is 0 Å². The molecule has 1 aromatic rings. The van der Waals surface area contributed by atoms with Crippen molar-refractivity contribution in [3.05, 3.63) is 22.3 Å². The van der Waals surface area contributed by atoms with Crippen LogP contribution in [0.4, 0.5) is 0 Å². The Labute approximate surface area is 103 Å². The number of nitrogens with zero attached hydrogens (tertiary/aromatic N) is 1. The monoisotopic (exact) mass is 284 g/mol. The maximum Gasteiger partial charge on any atom is 0.220 e. The van der Waals surface area contributed by atoms with Gasteiger partial charge in [-0.3, -0.25) is 4.79 Å². The van der Waals surface area contributed by atoms with Gasteiger partial charge in [-0.05, 0) is 35.3 Å². The Morgan fingerprint density at radius 1 is 1.69 bits per heavy atom. The van der Waals surface area contributed by atoms with Crippen molar-refractivity contribution in [3.63, 3.8) is 0 Å². The third-order valence-corrected chi connectivity index (χ3v) is 2.94. The first-order valence-electron chi connectivity index (χ1n) is 5.19. The quantitative estimate of drug-likeness (QED) is 0.921. The fourth-order valence-corrected chi connectivity index (χ4v) is 2.11. The van der Waals surface area contributed by atoms with Crippen molar-refractivity contribution in [1.29, 1.82) is 0 Å². The largest absolute Gasteiger partial charge is 0.475 e. The number of hydrogen-bond donors (Lipinski definition) is 1. The van der Waals surface area contributed by atoms with Gasteiger partial charge in [0.2, 0.25) is 11.8 Å². The number of aromatic nitrogens is 1. The van der Waals surface area contributed by atoms with Crippen LogP contribution < -0.4 is 10.1 Å². The summed E-state index contributed by atoms with van der Waals surface area (Å²) >= 11 is 3.35. The Morgan fingerprint density at radius 2 is 2.50 bits per heavy atom. The Kier molecular flexibility index (Phi) is 3.43. The second-order valence-electron chi connectivity index (χ2n) is 3.89. The topological polar surface area (TPSA) is 51.2 Å². The first-order valence-corrected chi connectivity index (χ1v) is 5.99. The summed E-state index contributed by atoms with van der Waals surface area (Å²) < 4.78 is 6.51. The molecule has 1 atom stereocenters. The summed E-state index contributed by atoms with van der Waals surface area (Å²) in [6, 6.07) is 2.08. The molecule has 1 aliphatic heterocycles. The fourth-order valence-electron chi connectivity index (χ4n) is 1.66. The van der Waals surface area contributed by atoms with Crippen LogP contribution in [0.25, 0.3) is 0 Å². The van der Waals surface area contributed by atoms with Crippen LogP contribution in [0.1, 0.15) is 18.4 Å². The molecule has 0 aromatic carbocycles. The Bertz CT molecular complexity index is 409. The molecular formula is C11H13BrN2O2. The van der Waals surface area contributed by atoms with Crippen LogP contribution >= 0.6 is 15.9 Å². The standard InChI is InChI=1S/C11H13BrN2O2/c1-7-4-8(12)5-13-11(7)16-6-9-2-3-10(15)14-9/h4-5,9H,2-3,6H2,1H3,(H,14,15). The summed E-state index contributed by atoms with van der Waals surface area (Å²) in [7, 11) is 0. The van der Waals surface area contributed by atoms with Crippen molar-refractivity contribution in [2.75, 3.05) is 6.61 Å². The number of aryl methyl sites for hydroxylation is 1. The number of ether oxygens (including phenoxy) is 1. The van der Waals surface area contributed by atoms with E-state index in [1.807, 2.05) is 13.0 Å². The van der Waals surface area contributed by atoms with Gasteiger partial charge < -0.3 is 10.1 Å². The van der Waals surface area contributed by atoms with Crippen LogP contribution in [0.2, 0.25) is 0 Å². The molecule has 0 aliphatic carbocycles. The minimum Gasteiger partial charge on any atom is -0.475 e. The Hall–Kier alpha value is -1.10. The lowest BCUT2D eigenvalue weighted by Gasteiger charge is -2.12. The van der Waals surface area contributed by atoms with E-state index in [0.717, 1.165) is 16.5 Å². The van der Waals surface area contributed by atoms with Crippen molar-refractivity contribution >= 4 is 21.8 Å². The van der Waals surface area contributed by atoms with E-state index in [0.29, 0.717) is 18.9 Å². The van der Waals surface area contributed by atoms with Crippen molar-refractivity contribution in [1.82, 2.24) is 10.3 Å². The SMILES string of the molecule is Cc1cc(Br)cnc1OCC1CCC(=O)N1. The second-order valence-corrected chi connectivity index (χ2v) is 4.81. The lowest BCUT2D eigenvalue weighted by molar-refractivity contribution is -0.119. The van der Waals surface area contributed by atoms with Gasteiger partial charge in [-0.1, -0.05) is 0 Å². The number of hydrogen-bond acceptors (Lipinski definition) is 3. The zero-order valence-corrected chi connectivity index (χ0v) is 10.6. The summed E-state index contributed by atoms with van der Waals surface area (Å²) in [6.45, 7) is 2.43. The molecule has 1 amide bonds. The molecule has 16 heavy (non-hydrogen) atoms. The summed E-state index contributed by atoms with van der Waals surface area (Å²) in [5.74, 6) is 0.735. The zero-order chi connectivity index (χ0) is 11.5.